The zero-order valence-corrected chi connectivity index (χ0v) is 14.5. The second-order valence-electron chi connectivity index (χ2n) is 7.12. The van der Waals surface area contributed by atoms with Gasteiger partial charge in [-0.1, -0.05) is 0 Å². The van der Waals surface area contributed by atoms with E-state index in [1.807, 2.05) is 6.07 Å². The van der Waals surface area contributed by atoms with Crippen LogP contribution in [0.1, 0.15) is 44.6 Å². The minimum Gasteiger partial charge on any atom is -0.378 e. The zero-order valence-electron chi connectivity index (χ0n) is 14.5. The van der Waals surface area contributed by atoms with Crippen molar-refractivity contribution in [2.75, 3.05) is 25.1 Å². The molecule has 6 heteroatoms. The molecule has 6 nitrogen and oxygen atoms in total. The molecule has 3 rings (SSSR count). The Labute approximate surface area is 142 Å². The Morgan fingerprint density at radius 3 is 2.54 bits per heavy atom. The summed E-state index contributed by atoms with van der Waals surface area (Å²) >= 11 is 0. The van der Waals surface area contributed by atoms with Crippen molar-refractivity contribution in [1.29, 1.82) is 0 Å². The van der Waals surface area contributed by atoms with Crippen LogP contribution in [0.5, 0.6) is 0 Å². The standard InChI is InChI=1S/C18H26N2O4/c1-18(23-2)6-8-19(9-7-18)15-10-14(11-16(12-15)20(21)22)13-24-17-4-3-5-17/h10-12,17H,3-9,13H2,1-2H3. The lowest BCUT2D eigenvalue weighted by molar-refractivity contribution is -0.384. The van der Waals surface area contributed by atoms with Crippen molar-refractivity contribution in [3.63, 3.8) is 0 Å². The molecule has 0 amide bonds. The Bertz CT molecular complexity index is 593. The SMILES string of the molecule is COC1(C)CCN(c2cc(COC3CCC3)cc([N+](=O)[O-])c2)CC1. The van der Waals surface area contributed by atoms with E-state index in [9.17, 15) is 10.1 Å². The molecule has 1 aromatic rings. The van der Waals surface area contributed by atoms with Crippen molar-refractivity contribution in [2.24, 2.45) is 0 Å². The average Bonchev–Trinajstić information content (AvgIpc) is 2.54. The quantitative estimate of drug-likeness (QED) is 0.586. The molecule has 24 heavy (non-hydrogen) atoms. The third kappa shape index (κ3) is 3.87. The molecule has 1 aliphatic heterocycles. The van der Waals surface area contributed by atoms with Crippen LogP contribution in [0.25, 0.3) is 0 Å². The predicted octanol–water partition coefficient (Wildman–Crippen LogP) is 3.67. The first-order chi connectivity index (χ1) is 11.5. The van der Waals surface area contributed by atoms with Gasteiger partial charge in [-0.25, -0.2) is 0 Å². The summed E-state index contributed by atoms with van der Waals surface area (Å²) in [5, 5.41) is 11.3. The number of rotatable bonds is 6. The summed E-state index contributed by atoms with van der Waals surface area (Å²) in [6, 6.07) is 5.33. The molecule has 0 spiro atoms. The molecule has 0 N–H and O–H groups in total. The third-order valence-electron chi connectivity index (χ3n) is 5.39. The van der Waals surface area contributed by atoms with E-state index in [0.29, 0.717) is 12.7 Å². The van der Waals surface area contributed by atoms with Crippen LogP contribution in [-0.4, -0.2) is 36.8 Å². The second kappa shape index (κ2) is 7.07. The van der Waals surface area contributed by atoms with Gasteiger partial charge in [0.25, 0.3) is 5.69 Å². The molecule has 1 aromatic carbocycles. The van der Waals surface area contributed by atoms with Gasteiger partial charge < -0.3 is 14.4 Å². The van der Waals surface area contributed by atoms with Crippen molar-refractivity contribution in [3.8, 4) is 0 Å². The zero-order chi connectivity index (χ0) is 17.2. The maximum Gasteiger partial charge on any atom is 0.271 e. The number of hydrogen-bond acceptors (Lipinski definition) is 5. The molecule has 0 unspecified atom stereocenters. The van der Waals surface area contributed by atoms with Gasteiger partial charge in [-0.2, -0.15) is 0 Å². The van der Waals surface area contributed by atoms with Gasteiger partial charge in [0.15, 0.2) is 0 Å². The van der Waals surface area contributed by atoms with Gasteiger partial charge in [0, 0.05) is 38.0 Å². The highest BCUT2D eigenvalue weighted by molar-refractivity contribution is 5.56. The first kappa shape index (κ1) is 17.2. The number of nitro benzene ring substituents is 1. The molecule has 0 bridgehead atoms. The Morgan fingerprint density at radius 2 is 2.00 bits per heavy atom. The third-order valence-corrected chi connectivity index (χ3v) is 5.39. The van der Waals surface area contributed by atoms with Crippen LogP contribution in [0.15, 0.2) is 18.2 Å². The first-order valence-corrected chi connectivity index (χ1v) is 8.69. The number of nitro groups is 1. The predicted molar refractivity (Wildman–Crippen MR) is 92.4 cm³/mol. The van der Waals surface area contributed by atoms with Crippen molar-refractivity contribution < 1.29 is 14.4 Å². The molecular formula is C18H26N2O4. The van der Waals surface area contributed by atoms with Gasteiger partial charge in [0.2, 0.25) is 0 Å². The molecule has 1 aliphatic carbocycles. The number of ether oxygens (including phenoxy) is 2. The van der Waals surface area contributed by atoms with Gasteiger partial charge in [0.05, 0.1) is 23.2 Å². The normalized spacial score (nSPS) is 20.7. The lowest BCUT2D eigenvalue weighted by Crippen LogP contribution is -2.43. The topological polar surface area (TPSA) is 64.8 Å². The van der Waals surface area contributed by atoms with Gasteiger partial charge >= 0.3 is 0 Å². The largest absolute Gasteiger partial charge is 0.378 e. The van der Waals surface area contributed by atoms with Crippen LogP contribution < -0.4 is 4.90 Å². The number of anilines is 1. The highest BCUT2D eigenvalue weighted by Gasteiger charge is 2.30. The molecule has 0 radical (unpaired) electrons. The molecule has 1 saturated carbocycles. The number of non-ortho nitro benzene ring substituents is 1. The van der Waals surface area contributed by atoms with Gasteiger partial charge in [0.1, 0.15) is 0 Å². The van der Waals surface area contributed by atoms with E-state index in [4.69, 9.17) is 9.47 Å². The maximum atomic E-state index is 11.3. The van der Waals surface area contributed by atoms with Crippen LogP contribution in [0.2, 0.25) is 0 Å². The number of nitrogens with zero attached hydrogens (tertiary/aromatic N) is 2. The van der Waals surface area contributed by atoms with Crippen LogP contribution in [0.4, 0.5) is 11.4 Å². The van der Waals surface area contributed by atoms with Crippen molar-refractivity contribution in [3.05, 3.63) is 33.9 Å². The summed E-state index contributed by atoms with van der Waals surface area (Å²) in [6.07, 6.45) is 5.58. The van der Waals surface area contributed by atoms with E-state index < -0.39 is 0 Å². The van der Waals surface area contributed by atoms with E-state index >= 15 is 0 Å². The molecule has 132 valence electrons. The fourth-order valence-corrected chi connectivity index (χ4v) is 3.22. The first-order valence-electron chi connectivity index (χ1n) is 8.69. The minimum atomic E-state index is -0.320. The Hall–Kier alpha value is -1.66. The van der Waals surface area contributed by atoms with Crippen molar-refractivity contribution in [2.45, 2.75) is 57.3 Å². The van der Waals surface area contributed by atoms with Gasteiger partial charge in [-0.15, -0.1) is 0 Å². The molecule has 1 saturated heterocycles. The Balaban J connectivity index is 1.73. The number of hydrogen-bond donors (Lipinski definition) is 0. The number of piperidine rings is 1. The summed E-state index contributed by atoms with van der Waals surface area (Å²) in [5.74, 6) is 0. The molecule has 2 aliphatic rings. The minimum absolute atomic E-state index is 0.0899. The summed E-state index contributed by atoms with van der Waals surface area (Å²) in [7, 11) is 1.75. The highest BCUT2D eigenvalue weighted by Crippen LogP contribution is 2.32. The second-order valence-corrected chi connectivity index (χ2v) is 7.12. The van der Waals surface area contributed by atoms with Crippen LogP contribution in [-0.2, 0) is 16.1 Å². The number of methoxy groups -OCH3 is 1. The lowest BCUT2D eigenvalue weighted by atomic mass is 9.93. The van der Waals surface area contributed by atoms with Crippen molar-refractivity contribution >= 4 is 11.4 Å². The van der Waals surface area contributed by atoms with Crippen LogP contribution >= 0.6 is 0 Å². The van der Waals surface area contributed by atoms with E-state index in [1.165, 1.54) is 6.42 Å². The summed E-state index contributed by atoms with van der Waals surface area (Å²) < 4.78 is 11.4. The fourth-order valence-electron chi connectivity index (χ4n) is 3.22. The smallest absolute Gasteiger partial charge is 0.271 e. The highest BCUT2D eigenvalue weighted by atomic mass is 16.6. The van der Waals surface area contributed by atoms with E-state index in [-0.39, 0.29) is 16.2 Å². The summed E-state index contributed by atoms with van der Waals surface area (Å²) in [4.78, 5) is 13.2. The van der Waals surface area contributed by atoms with E-state index in [0.717, 1.165) is 50.0 Å². The van der Waals surface area contributed by atoms with E-state index in [2.05, 4.69) is 11.8 Å². The molecular weight excluding hydrogens is 308 g/mol. The Morgan fingerprint density at radius 1 is 1.29 bits per heavy atom. The fraction of sp³-hybridized carbons (Fsp3) is 0.667. The molecule has 0 aromatic heterocycles. The summed E-state index contributed by atoms with van der Waals surface area (Å²) in [6.45, 7) is 4.25. The summed E-state index contributed by atoms with van der Waals surface area (Å²) in [5.41, 5.74) is 1.84. The van der Waals surface area contributed by atoms with Crippen LogP contribution in [0, 0.1) is 10.1 Å². The lowest BCUT2D eigenvalue weighted by Gasteiger charge is -2.39. The van der Waals surface area contributed by atoms with Crippen LogP contribution in [0.3, 0.4) is 0 Å². The average molecular weight is 334 g/mol. The van der Waals surface area contributed by atoms with Crippen molar-refractivity contribution in [1.82, 2.24) is 0 Å². The Kier molecular flexibility index (Phi) is 5.06. The monoisotopic (exact) mass is 334 g/mol. The maximum absolute atomic E-state index is 11.3. The molecule has 2 fully saturated rings. The molecule has 1 heterocycles. The number of benzene rings is 1. The van der Waals surface area contributed by atoms with Gasteiger partial charge in [-0.3, -0.25) is 10.1 Å². The molecule has 0 atom stereocenters. The van der Waals surface area contributed by atoms with E-state index in [1.54, 1.807) is 19.2 Å². The van der Waals surface area contributed by atoms with Gasteiger partial charge in [-0.05, 0) is 50.7 Å².